The first-order valence-electron chi connectivity index (χ1n) is 7.86. The number of carbonyl (C=O) groups is 1. The summed E-state index contributed by atoms with van der Waals surface area (Å²) in [6, 6.07) is 20.1. The molecule has 4 nitrogen and oxygen atoms in total. The van der Waals surface area contributed by atoms with Crippen molar-refractivity contribution in [2.24, 2.45) is 0 Å². The molecule has 3 aromatic rings. The van der Waals surface area contributed by atoms with Crippen molar-refractivity contribution in [2.75, 3.05) is 5.75 Å². The second-order valence-corrected chi connectivity index (χ2v) is 6.79. The predicted molar refractivity (Wildman–Crippen MR) is 96.2 cm³/mol. The van der Waals surface area contributed by atoms with Crippen LogP contribution in [-0.2, 0) is 11.3 Å². The van der Waals surface area contributed by atoms with E-state index < -0.39 is 0 Å². The van der Waals surface area contributed by atoms with Gasteiger partial charge in [-0.05, 0) is 5.56 Å². The van der Waals surface area contributed by atoms with Gasteiger partial charge in [0.25, 0.3) is 0 Å². The molecule has 0 bridgehead atoms. The van der Waals surface area contributed by atoms with E-state index in [4.69, 9.17) is 0 Å². The molecule has 1 fully saturated rings. The summed E-state index contributed by atoms with van der Waals surface area (Å²) in [5.41, 5.74) is 3.16. The molecule has 1 saturated heterocycles. The summed E-state index contributed by atoms with van der Waals surface area (Å²) in [7, 11) is 0. The number of rotatable bonds is 4. The summed E-state index contributed by atoms with van der Waals surface area (Å²) in [6.07, 6.45) is 1.84. The van der Waals surface area contributed by atoms with E-state index in [0.717, 1.165) is 22.6 Å². The molecule has 0 saturated carbocycles. The molecule has 0 radical (unpaired) electrons. The summed E-state index contributed by atoms with van der Waals surface area (Å²) in [5, 5.41) is -0.0114. The molecule has 2 heterocycles. The number of hydrogen-bond acceptors (Lipinski definition) is 3. The number of nitrogens with one attached hydrogen (secondary N) is 1. The Labute approximate surface area is 144 Å². The molecule has 1 aromatic heterocycles. The van der Waals surface area contributed by atoms with Gasteiger partial charge in [-0.25, -0.2) is 4.98 Å². The lowest BCUT2D eigenvalue weighted by Gasteiger charge is -2.23. The lowest BCUT2D eigenvalue weighted by molar-refractivity contribution is -0.128. The van der Waals surface area contributed by atoms with E-state index in [-0.39, 0.29) is 11.3 Å². The highest BCUT2D eigenvalue weighted by molar-refractivity contribution is 8.00. The molecule has 1 aliphatic rings. The average Bonchev–Trinajstić information content (AvgIpc) is 3.25. The molecule has 24 heavy (non-hydrogen) atoms. The number of imidazole rings is 1. The molecule has 1 amide bonds. The van der Waals surface area contributed by atoms with Crippen molar-refractivity contribution in [3.8, 4) is 11.4 Å². The molecule has 120 valence electrons. The van der Waals surface area contributed by atoms with Crippen LogP contribution >= 0.6 is 11.8 Å². The van der Waals surface area contributed by atoms with Crippen LogP contribution in [0, 0.1) is 0 Å². The normalized spacial score (nSPS) is 17.4. The number of benzene rings is 2. The highest BCUT2D eigenvalue weighted by Crippen LogP contribution is 2.39. The second kappa shape index (κ2) is 6.53. The maximum absolute atomic E-state index is 12.3. The van der Waals surface area contributed by atoms with Crippen LogP contribution in [0.3, 0.4) is 0 Å². The largest absolute Gasteiger partial charge is 0.339 e. The van der Waals surface area contributed by atoms with Crippen molar-refractivity contribution in [1.29, 1.82) is 0 Å². The zero-order valence-electron chi connectivity index (χ0n) is 13.1. The monoisotopic (exact) mass is 335 g/mol. The molecule has 1 N–H and O–H groups in total. The Hall–Kier alpha value is -2.53. The topological polar surface area (TPSA) is 49.0 Å². The Bertz CT molecular complexity index is 832. The number of thioether (sulfide) groups is 1. The van der Waals surface area contributed by atoms with Crippen LogP contribution in [0.5, 0.6) is 0 Å². The summed E-state index contributed by atoms with van der Waals surface area (Å²) < 4.78 is 0. The van der Waals surface area contributed by atoms with E-state index in [1.165, 1.54) is 0 Å². The first kappa shape index (κ1) is 15.0. The van der Waals surface area contributed by atoms with Crippen LogP contribution in [0.1, 0.15) is 16.6 Å². The fourth-order valence-corrected chi connectivity index (χ4v) is 4.00. The van der Waals surface area contributed by atoms with Crippen molar-refractivity contribution in [2.45, 2.75) is 11.9 Å². The molecule has 0 spiro atoms. The average molecular weight is 335 g/mol. The third-order valence-electron chi connectivity index (χ3n) is 4.07. The minimum atomic E-state index is -0.0114. The molecule has 1 atom stereocenters. The van der Waals surface area contributed by atoms with Gasteiger partial charge < -0.3 is 9.88 Å². The maximum Gasteiger partial charge on any atom is 0.234 e. The van der Waals surface area contributed by atoms with E-state index in [2.05, 4.69) is 22.1 Å². The van der Waals surface area contributed by atoms with Crippen molar-refractivity contribution < 1.29 is 4.79 Å². The van der Waals surface area contributed by atoms with Gasteiger partial charge in [0.05, 0.1) is 17.6 Å². The Morgan fingerprint density at radius 3 is 2.54 bits per heavy atom. The van der Waals surface area contributed by atoms with Crippen molar-refractivity contribution in [3.05, 3.63) is 78.1 Å². The number of carbonyl (C=O) groups excluding carboxylic acids is 1. The Morgan fingerprint density at radius 1 is 1.08 bits per heavy atom. The van der Waals surface area contributed by atoms with E-state index in [1.54, 1.807) is 11.8 Å². The van der Waals surface area contributed by atoms with Gasteiger partial charge in [0.2, 0.25) is 5.91 Å². The van der Waals surface area contributed by atoms with Gasteiger partial charge >= 0.3 is 0 Å². The number of amides is 1. The molecule has 1 aliphatic heterocycles. The highest BCUT2D eigenvalue weighted by atomic mass is 32.2. The second-order valence-electron chi connectivity index (χ2n) is 5.72. The van der Waals surface area contributed by atoms with Gasteiger partial charge in [-0.1, -0.05) is 60.7 Å². The van der Waals surface area contributed by atoms with Crippen molar-refractivity contribution >= 4 is 17.7 Å². The molecular weight excluding hydrogens is 318 g/mol. The van der Waals surface area contributed by atoms with Crippen LogP contribution < -0.4 is 0 Å². The van der Waals surface area contributed by atoms with Crippen LogP contribution in [0.4, 0.5) is 0 Å². The summed E-state index contributed by atoms with van der Waals surface area (Å²) in [5.74, 6) is 1.52. The zero-order valence-corrected chi connectivity index (χ0v) is 13.9. The minimum absolute atomic E-state index is 0.0114. The molecular formula is C19H17N3OS. The summed E-state index contributed by atoms with van der Waals surface area (Å²) >= 11 is 1.64. The fraction of sp³-hybridized carbons (Fsp3) is 0.158. The molecule has 4 rings (SSSR count). The molecule has 2 aromatic carbocycles. The number of H-pyrrole nitrogens is 1. The van der Waals surface area contributed by atoms with Crippen LogP contribution in [0.2, 0.25) is 0 Å². The zero-order chi connectivity index (χ0) is 16.4. The van der Waals surface area contributed by atoms with Crippen LogP contribution in [-0.4, -0.2) is 26.5 Å². The molecule has 1 unspecified atom stereocenters. The highest BCUT2D eigenvalue weighted by Gasteiger charge is 2.34. The smallest absolute Gasteiger partial charge is 0.234 e. The van der Waals surface area contributed by atoms with Gasteiger partial charge in [-0.15, -0.1) is 11.8 Å². The van der Waals surface area contributed by atoms with E-state index in [1.807, 2.05) is 59.6 Å². The number of aromatic nitrogens is 2. The third kappa shape index (κ3) is 2.95. The SMILES string of the molecule is O=C1CSC(c2cnc(-c3ccccc3)[nH]2)N1Cc1ccccc1. The van der Waals surface area contributed by atoms with E-state index >= 15 is 0 Å². The predicted octanol–water partition coefficient (Wildman–Crippen LogP) is 3.85. The van der Waals surface area contributed by atoms with Gasteiger partial charge in [-0.2, -0.15) is 0 Å². The number of hydrogen-bond donors (Lipinski definition) is 1. The van der Waals surface area contributed by atoms with Crippen molar-refractivity contribution in [3.63, 3.8) is 0 Å². The fourth-order valence-electron chi connectivity index (χ4n) is 2.87. The standard InChI is InChI=1S/C19H17N3OS/c23-17-13-24-19(22(17)12-14-7-3-1-4-8-14)16-11-20-18(21-16)15-9-5-2-6-10-15/h1-11,19H,12-13H2,(H,20,21). The number of nitrogens with zero attached hydrogens (tertiary/aromatic N) is 2. The maximum atomic E-state index is 12.3. The van der Waals surface area contributed by atoms with Gasteiger partial charge in [0, 0.05) is 12.1 Å². The van der Waals surface area contributed by atoms with Crippen LogP contribution in [0.25, 0.3) is 11.4 Å². The molecule has 0 aliphatic carbocycles. The lowest BCUT2D eigenvalue weighted by atomic mass is 10.2. The minimum Gasteiger partial charge on any atom is -0.339 e. The first-order valence-corrected chi connectivity index (χ1v) is 8.91. The van der Waals surface area contributed by atoms with Gasteiger partial charge in [0.15, 0.2) is 0 Å². The van der Waals surface area contributed by atoms with Gasteiger partial charge in [-0.3, -0.25) is 4.79 Å². The lowest BCUT2D eigenvalue weighted by Crippen LogP contribution is -2.27. The quantitative estimate of drug-likeness (QED) is 0.788. The van der Waals surface area contributed by atoms with Crippen LogP contribution in [0.15, 0.2) is 66.9 Å². The van der Waals surface area contributed by atoms with E-state index in [9.17, 15) is 4.79 Å². The van der Waals surface area contributed by atoms with Gasteiger partial charge in [0.1, 0.15) is 11.2 Å². The summed E-state index contributed by atoms with van der Waals surface area (Å²) in [6.45, 7) is 0.622. The Kier molecular flexibility index (Phi) is 4.09. The number of aromatic amines is 1. The molecule has 5 heteroatoms. The van der Waals surface area contributed by atoms with E-state index in [0.29, 0.717) is 12.3 Å². The Balaban J connectivity index is 1.59. The Morgan fingerprint density at radius 2 is 1.79 bits per heavy atom. The summed E-state index contributed by atoms with van der Waals surface area (Å²) in [4.78, 5) is 22.1. The third-order valence-corrected chi connectivity index (χ3v) is 5.31. The first-order chi connectivity index (χ1) is 11.8. The van der Waals surface area contributed by atoms with Crippen molar-refractivity contribution in [1.82, 2.24) is 14.9 Å².